The molecule has 4 nitrogen and oxygen atoms in total. The van der Waals surface area contributed by atoms with Crippen LogP contribution in [0.2, 0.25) is 0 Å². The van der Waals surface area contributed by atoms with Gasteiger partial charge in [0, 0.05) is 19.0 Å². The van der Waals surface area contributed by atoms with Gasteiger partial charge in [0.05, 0.1) is 10.7 Å². The maximum absolute atomic E-state index is 12.1. The molecule has 0 aromatic heterocycles. The molecule has 0 radical (unpaired) electrons. The van der Waals surface area contributed by atoms with Crippen molar-refractivity contribution >= 4 is 27.2 Å². The predicted molar refractivity (Wildman–Crippen MR) is 74.3 cm³/mol. The highest BCUT2D eigenvalue weighted by Gasteiger charge is 2.31. The lowest BCUT2D eigenvalue weighted by molar-refractivity contribution is 0.310. The van der Waals surface area contributed by atoms with Crippen LogP contribution in [0.1, 0.15) is 33.6 Å². The van der Waals surface area contributed by atoms with E-state index in [4.69, 9.17) is 18.0 Å². The summed E-state index contributed by atoms with van der Waals surface area (Å²) in [6.07, 6.45) is 1.50. The average molecular weight is 278 g/mol. The van der Waals surface area contributed by atoms with E-state index in [1.54, 1.807) is 4.31 Å². The monoisotopic (exact) mass is 278 g/mol. The van der Waals surface area contributed by atoms with Crippen LogP contribution >= 0.6 is 12.2 Å². The Hall–Kier alpha value is -0.200. The molecule has 2 N–H and O–H groups in total. The Bertz CT molecular complexity index is 377. The molecule has 0 amide bonds. The molecule has 100 valence electrons. The molecule has 1 aliphatic rings. The van der Waals surface area contributed by atoms with Crippen molar-refractivity contribution in [2.24, 2.45) is 17.1 Å². The Morgan fingerprint density at radius 2 is 1.82 bits per heavy atom. The molecule has 0 atom stereocenters. The smallest absolute Gasteiger partial charge is 0.214 e. The lowest BCUT2D eigenvalue weighted by Gasteiger charge is -2.32. The van der Waals surface area contributed by atoms with E-state index in [1.165, 1.54) is 0 Å². The summed E-state index contributed by atoms with van der Waals surface area (Å²) < 4.78 is 25.9. The van der Waals surface area contributed by atoms with Crippen molar-refractivity contribution in [1.29, 1.82) is 0 Å². The quantitative estimate of drug-likeness (QED) is 0.792. The number of sulfonamides is 1. The summed E-state index contributed by atoms with van der Waals surface area (Å²) >= 11 is 4.94. The van der Waals surface area contributed by atoms with Crippen LogP contribution in [0.4, 0.5) is 0 Å². The summed E-state index contributed by atoms with van der Waals surface area (Å²) in [5, 5.41) is 0. The fraction of sp³-hybridized carbons (Fsp3) is 0.909. The van der Waals surface area contributed by atoms with Crippen LogP contribution < -0.4 is 5.73 Å². The number of nitrogens with two attached hydrogens (primary N) is 1. The second kappa shape index (κ2) is 5.20. The third-order valence-electron chi connectivity index (χ3n) is 2.87. The van der Waals surface area contributed by atoms with Gasteiger partial charge in [-0.3, -0.25) is 0 Å². The molecule has 1 saturated heterocycles. The minimum atomic E-state index is -3.14. The molecule has 1 rings (SSSR count). The van der Waals surface area contributed by atoms with Crippen molar-refractivity contribution in [1.82, 2.24) is 4.31 Å². The van der Waals surface area contributed by atoms with Crippen molar-refractivity contribution in [3.8, 4) is 0 Å². The highest BCUT2D eigenvalue weighted by atomic mass is 32.2. The number of hydrogen-bond acceptors (Lipinski definition) is 3. The summed E-state index contributed by atoms with van der Waals surface area (Å²) in [6.45, 7) is 6.89. The van der Waals surface area contributed by atoms with E-state index >= 15 is 0 Å². The summed E-state index contributed by atoms with van der Waals surface area (Å²) in [4.78, 5) is 0.512. The molecular formula is C11H22N2O2S2. The SMILES string of the molecule is CC(C)(C)CS(=O)(=O)N1CCC(C(N)=S)CC1. The highest BCUT2D eigenvalue weighted by Crippen LogP contribution is 2.24. The predicted octanol–water partition coefficient (Wildman–Crippen LogP) is 1.36. The molecule has 0 bridgehead atoms. The van der Waals surface area contributed by atoms with Crippen LogP contribution in [-0.4, -0.2) is 36.6 Å². The summed E-state index contributed by atoms with van der Waals surface area (Å²) in [7, 11) is -3.14. The average Bonchev–Trinajstić information content (AvgIpc) is 2.14. The van der Waals surface area contributed by atoms with Gasteiger partial charge in [0.15, 0.2) is 0 Å². The van der Waals surface area contributed by atoms with Crippen molar-refractivity contribution in [3.05, 3.63) is 0 Å². The Kier molecular flexibility index (Phi) is 4.54. The first kappa shape index (κ1) is 14.9. The first-order valence-corrected chi connectivity index (χ1v) is 7.91. The van der Waals surface area contributed by atoms with Gasteiger partial charge in [-0.2, -0.15) is 0 Å². The van der Waals surface area contributed by atoms with Crippen molar-refractivity contribution in [2.45, 2.75) is 33.6 Å². The topological polar surface area (TPSA) is 63.4 Å². The van der Waals surface area contributed by atoms with E-state index in [2.05, 4.69) is 0 Å². The third kappa shape index (κ3) is 4.52. The van der Waals surface area contributed by atoms with Crippen molar-refractivity contribution in [2.75, 3.05) is 18.8 Å². The molecule has 0 aromatic rings. The second-order valence-electron chi connectivity index (χ2n) is 5.89. The van der Waals surface area contributed by atoms with Crippen LogP contribution in [0.15, 0.2) is 0 Å². The van der Waals surface area contributed by atoms with Crippen LogP contribution in [0, 0.1) is 11.3 Å². The van der Waals surface area contributed by atoms with Crippen LogP contribution in [0.25, 0.3) is 0 Å². The third-order valence-corrected chi connectivity index (χ3v) is 5.58. The standard InChI is InChI=1S/C11H22N2O2S2/c1-11(2,3)8-17(14,15)13-6-4-9(5-7-13)10(12)16/h9H,4-8H2,1-3H3,(H2,12,16). The maximum Gasteiger partial charge on any atom is 0.214 e. The van der Waals surface area contributed by atoms with E-state index in [1.807, 2.05) is 20.8 Å². The van der Waals surface area contributed by atoms with Crippen molar-refractivity contribution < 1.29 is 8.42 Å². The minimum Gasteiger partial charge on any atom is -0.393 e. The Morgan fingerprint density at radius 3 is 2.18 bits per heavy atom. The Morgan fingerprint density at radius 1 is 1.35 bits per heavy atom. The Labute approximate surface area is 110 Å². The van der Waals surface area contributed by atoms with Crippen LogP contribution in [0.5, 0.6) is 0 Å². The van der Waals surface area contributed by atoms with Gasteiger partial charge in [0.25, 0.3) is 0 Å². The van der Waals surface area contributed by atoms with E-state index in [0.29, 0.717) is 18.1 Å². The first-order chi connectivity index (χ1) is 7.62. The zero-order chi connectivity index (χ0) is 13.3. The summed E-state index contributed by atoms with van der Waals surface area (Å²) in [6, 6.07) is 0. The largest absolute Gasteiger partial charge is 0.393 e. The fourth-order valence-electron chi connectivity index (χ4n) is 2.06. The zero-order valence-electron chi connectivity index (χ0n) is 10.8. The molecule has 0 spiro atoms. The minimum absolute atomic E-state index is 0.192. The van der Waals surface area contributed by atoms with Gasteiger partial charge in [0.1, 0.15) is 0 Å². The van der Waals surface area contributed by atoms with Crippen LogP contribution in [0.3, 0.4) is 0 Å². The Balaban J connectivity index is 2.62. The molecule has 0 saturated carbocycles. The highest BCUT2D eigenvalue weighted by molar-refractivity contribution is 7.89. The van der Waals surface area contributed by atoms with E-state index in [-0.39, 0.29) is 17.1 Å². The molecule has 17 heavy (non-hydrogen) atoms. The first-order valence-electron chi connectivity index (χ1n) is 5.89. The molecule has 0 aromatic carbocycles. The lowest BCUT2D eigenvalue weighted by atomic mass is 9.98. The molecule has 1 aliphatic heterocycles. The molecule has 0 unspecified atom stereocenters. The number of thiocarbonyl (C=S) groups is 1. The maximum atomic E-state index is 12.1. The van der Waals surface area contributed by atoms with Crippen molar-refractivity contribution in [3.63, 3.8) is 0 Å². The molecule has 0 aliphatic carbocycles. The van der Waals surface area contributed by atoms with E-state index < -0.39 is 10.0 Å². The number of piperidine rings is 1. The number of rotatable bonds is 3. The molecule has 1 fully saturated rings. The van der Waals surface area contributed by atoms with E-state index in [0.717, 1.165) is 12.8 Å². The van der Waals surface area contributed by atoms with E-state index in [9.17, 15) is 8.42 Å². The van der Waals surface area contributed by atoms with Gasteiger partial charge in [-0.25, -0.2) is 12.7 Å². The number of hydrogen-bond donors (Lipinski definition) is 1. The zero-order valence-corrected chi connectivity index (χ0v) is 12.4. The summed E-state index contributed by atoms with van der Waals surface area (Å²) in [5.74, 6) is 0.392. The fourth-order valence-corrected chi connectivity index (χ4v) is 4.34. The van der Waals surface area contributed by atoms with Gasteiger partial charge in [-0.05, 0) is 18.3 Å². The van der Waals surface area contributed by atoms with Gasteiger partial charge in [0.2, 0.25) is 10.0 Å². The summed E-state index contributed by atoms with van der Waals surface area (Å²) in [5.41, 5.74) is 5.38. The molecule has 6 heteroatoms. The molecular weight excluding hydrogens is 256 g/mol. The second-order valence-corrected chi connectivity index (χ2v) is 8.33. The van der Waals surface area contributed by atoms with Gasteiger partial charge >= 0.3 is 0 Å². The lowest BCUT2D eigenvalue weighted by Crippen LogP contribution is -2.43. The normalized spacial score (nSPS) is 20.4. The molecule has 1 heterocycles. The van der Waals surface area contributed by atoms with Crippen LogP contribution in [-0.2, 0) is 10.0 Å². The van der Waals surface area contributed by atoms with Gasteiger partial charge in [-0.1, -0.05) is 33.0 Å². The number of nitrogens with zero attached hydrogens (tertiary/aromatic N) is 1. The van der Waals surface area contributed by atoms with Gasteiger partial charge < -0.3 is 5.73 Å². The van der Waals surface area contributed by atoms with Gasteiger partial charge in [-0.15, -0.1) is 0 Å².